The van der Waals surface area contributed by atoms with Gasteiger partial charge in [-0.05, 0) is 67.0 Å². The number of allylic oxidation sites excluding steroid dienone is 1. The van der Waals surface area contributed by atoms with Gasteiger partial charge in [-0.3, -0.25) is 0 Å². The van der Waals surface area contributed by atoms with Crippen LogP contribution < -0.4 is 0 Å². The van der Waals surface area contributed by atoms with Crippen LogP contribution in [0.25, 0.3) is 10.2 Å². The highest BCUT2D eigenvalue weighted by Gasteiger charge is 2.45. The topological polar surface area (TPSA) is 16.1 Å². The van der Waals surface area contributed by atoms with Crippen LogP contribution in [0.2, 0.25) is 0 Å². The predicted molar refractivity (Wildman–Crippen MR) is 125 cm³/mol. The second kappa shape index (κ2) is 7.17. The highest BCUT2D eigenvalue weighted by atomic mass is 32.2. The first-order valence-corrected chi connectivity index (χ1v) is 12.2. The predicted octanol–water partition coefficient (Wildman–Crippen LogP) is 6.82. The number of benzene rings is 2. The zero-order valence-corrected chi connectivity index (χ0v) is 19.1. The normalized spacial score (nSPS) is 23.9. The molecule has 0 spiro atoms. The van der Waals surface area contributed by atoms with E-state index in [1.54, 1.807) is 5.56 Å². The van der Waals surface area contributed by atoms with Crippen molar-refractivity contribution < 1.29 is 0 Å². The lowest BCUT2D eigenvalue weighted by Crippen LogP contribution is -2.53. The van der Waals surface area contributed by atoms with Crippen LogP contribution in [0.3, 0.4) is 0 Å². The molecule has 29 heavy (non-hydrogen) atoms. The number of likely N-dealkylation sites (N-methyl/N-ethyl adjacent to an activating group) is 1. The van der Waals surface area contributed by atoms with Crippen molar-refractivity contribution in [3.63, 3.8) is 0 Å². The number of hydrogen-bond acceptors (Lipinski definition) is 4. The second-order valence-corrected chi connectivity index (χ2v) is 11.0. The van der Waals surface area contributed by atoms with E-state index in [0.717, 1.165) is 23.6 Å². The van der Waals surface area contributed by atoms with Gasteiger partial charge in [0.1, 0.15) is 0 Å². The Kier molecular flexibility index (Phi) is 4.75. The number of thiazole rings is 1. The van der Waals surface area contributed by atoms with Gasteiger partial charge in [-0.1, -0.05) is 50.4 Å². The summed E-state index contributed by atoms with van der Waals surface area (Å²) in [5.74, 6) is 0. The number of aryl methyl sites for hydroxylation is 2. The molecule has 2 nitrogen and oxygen atoms in total. The molecule has 0 unspecified atom stereocenters. The van der Waals surface area contributed by atoms with Crippen molar-refractivity contribution in [3.05, 3.63) is 65.4 Å². The van der Waals surface area contributed by atoms with E-state index in [4.69, 9.17) is 4.98 Å². The molecule has 2 atom stereocenters. The maximum absolute atomic E-state index is 4.95. The summed E-state index contributed by atoms with van der Waals surface area (Å²) in [6, 6.07) is 14.3. The fourth-order valence-electron chi connectivity index (χ4n) is 5.33. The Hall–Kier alpha value is -1.78. The maximum Gasteiger partial charge on any atom is 0.155 e. The van der Waals surface area contributed by atoms with Crippen LogP contribution >= 0.6 is 23.1 Å². The Morgan fingerprint density at radius 3 is 2.97 bits per heavy atom. The average molecular weight is 421 g/mol. The first kappa shape index (κ1) is 19.2. The van der Waals surface area contributed by atoms with E-state index in [1.165, 1.54) is 44.8 Å². The van der Waals surface area contributed by atoms with Crippen LogP contribution in [0.1, 0.15) is 49.8 Å². The number of rotatable bonds is 3. The van der Waals surface area contributed by atoms with E-state index in [2.05, 4.69) is 68.8 Å². The summed E-state index contributed by atoms with van der Waals surface area (Å²) in [5, 5.41) is 0. The van der Waals surface area contributed by atoms with Gasteiger partial charge in [0.2, 0.25) is 0 Å². The summed E-state index contributed by atoms with van der Waals surface area (Å²) < 4.78 is 2.44. The Morgan fingerprint density at radius 1 is 1.28 bits per heavy atom. The number of likely N-dealkylation sites (tertiary alicyclic amines) is 1. The molecule has 0 saturated carbocycles. The zero-order valence-electron chi connectivity index (χ0n) is 17.5. The van der Waals surface area contributed by atoms with E-state index in [1.807, 2.05) is 23.1 Å². The van der Waals surface area contributed by atoms with E-state index >= 15 is 0 Å². The van der Waals surface area contributed by atoms with Crippen molar-refractivity contribution in [1.29, 1.82) is 0 Å². The molecular weight excluding hydrogens is 392 g/mol. The third-order valence-electron chi connectivity index (χ3n) is 7.08. The number of para-hydroxylation sites is 1. The molecule has 2 aromatic carbocycles. The molecule has 2 aliphatic rings. The molecule has 1 aliphatic heterocycles. The van der Waals surface area contributed by atoms with Crippen molar-refractivity contribution in [2.24, 2.45) is 0 Å². The summed E-state index contributed by atoms with van der Waals surface area (Å²) in [5.41, 5.74) is 7.14. The van der Waals surface area contributed by atoms with E-state index in [0.29, 0.717) is 6.04 Å². The molecule has 0 N–H and O–H groups in total. The molecule has 1 saturated heterocycles. The third kappa shape index (κ3) is 3.12. The second-order valence-electron chi connectivity index (χ2n) is 8.67. The minimum Gasteiger partial charge on any atom is -0.374 e. The van der Waals surface area contributed by atoms with Gasteiger partial charge in [0.25, 0.3) is 0 Å². The van der Waals surface area contributed by atoms with Gasteiger partial charge in [0.15, 0.2) is 4.34 Å². The Bertz CT molecular complexity index is 1100. The molecule has 3 aromatic rings. The van der Waals surface area contributed by atoms with Crippen LogP contribution in [0.4, 0.5) is 0 Å². The number of piperidine rings is 1. The highest BCUT2D eigenvalue weighted by Crippen LogP contribution is 2.48. The first-order chi connectivity index (χ1) is 14.0. The van der Waals surface area contributed by atoms with E-state index < -0.39 is 0 Å². The zero-order chi connectivity index (χ0) is 20.2. The summed E-state index contributed by atoms with van der Waals surface area (Å²) in [6.07, 6.45) is 5.71. The van der Waals surface area contributed by atoms with Crippen molar-refractivity contribution in [3.8, 4) is 0 Å². The minimum absolute atomic E-state index is 0.235. The summed E-state index contributed by atoms with van der Waals surface area (Å²) in [6.45, 7) is 8.95. The number of hydrogen-bond donors (Lipinski definition) is 0. The van der Waals surface area contributed by atoms with Gasteiger partial charge < -0.3 is 4.90 Å². The molecule has 2 heterocycles. The average Bonchev–Trinajstić information content (AvgIpc) is 3.13. The SMILES string of the molecule is C=C1CC[C@]2(C)c3ccc(Sc4nc5c(CC)cccc5s4)cc3CC[C@H]2N1C. The smallest absolute Gasteiger partial charge is 0.155 e. The fraction of sp³-hybridized carbons (Fsp3) is 0.400. The van der Waals surface area contributed by atoms with Crippen molar-refractivity contribution in [2.75, 3.05) is 7.05 Å². The molecule has 4 heteroatoms. The molecular formula is C25H28N2S2. The van der Waals surface area contributed by atoms with Crippen molar-refractivity contribution in [1.82, 2.24) is 9.88 Å². The Balaban J connectivity index is 1.46. The standard InChI is InChI=1S/C25H28N2S2/c1-5-17-7-6-8-21-23(17)26-24(29-21)28-19-10-11-20-18(15-19)9-12-22-25(20,3)14-13-16(2)27(22)4/h6-8,10-11,15,22H,2,5,9,12-14H2,1,3-4H3/t22-,25-/m1/s1. The summed E-state index contributed by atoms with van der Waals surface area (Å²) >= 11 is 3.63. The van der Waals surface area contributed by atoms with Crippen molar-refractivity contribution >= 4 is 33.3 Å². The Morgan fingerprint density at radius 2 is 2.14 bits per heavy atom. The minimum atomic E-state index is 0.235. The molecule has 150 valence electrons. The van der Waals surface area contributed by atoms with Gasteiger partial charge >= 0.3 is 0 Å². The van der Waals surface area contributed by atoms with Gasteiger partial charge in [-0.2, -0.15) is 0 Å². The first-order valence-electron chi connectivity index (χ1n) is 10.6. The summed E-state index contributed by atoms with van der Waals surface area (Å²) in [7, 11) is 2.23. The summed E-state index contributed by atoms with van der Waals surface area (Å²) in [4.78, 5) is 8.72. The molecule has 1 fully saturated rings. The third-order valence-corrected chi connectivity index (χ3v) is 9.15. The van der Waals surface area contributed by atoms with Gasteiger partial charge in [-0.25, -0.2) is 4.98 Å². The lowest BCUT2D eigenvalue weighted by atomic mass is 9.63. The monoisotopic (exact) mass is 420 g/mol. The van der Waals surface area contributed by atoms with Crippen LogP contribution in [-0.4, -0.2) is 23.0 Å². The molecule has 0 amide bonds. The van der Waals surface area contributed by atoms with Gasteiger partial charge in [-0.15, -0.1) is 11.3 Å². The molecule has 1 aliphatic carbocycles. The van der Waals surface area contributed by atoms with Crippen LogP contribution in [-0.2, 0) is 18.3 Å². The molecule has 1 aromatic heterocycles. The van der Waals surface area contributed by atoms with Crippen LogP contribution in [0, 0.1) is 0 Å². The molecule has 0 radical (unpaired) electrons. The lowest BCUT2D eigenvalue weighted by molar-refractivity contribution is 0.123. The van der Waals surface area contributed by atoms with Crippen LogP contribution in [0.5, 0.6) is 0 Å². The molecule has 0 bridgehead atoms. The molecule has 5 rings (SSSR count). The van der Waals surface area contributed by atoms with Gasteiger partial charge in [0.05, 0.1) is 10.2 Å². The maximum atomic E-state index is 4.95. The van der Waals surface area contributed by atoms with E-state index in [9.17, 15) is 0 Å². The van der Waals surface area contributed by atoms with Gasteiger partial charge in [0, 0.05) is 29.1 Å². The number of nitrogens with zero attached hydrogens (tertiary/aromatic N) is 2. The lowest BCUT2D eigenvalue weighted by Gasteiger charge is -2.52. The number of aromatic nitrogens is 1. The van der Waals surface area contributed by atoms with E-state index in [-0.39, 0.29) is 5.41 Å². The number of fused-ring (bicyclic) bond motifs is 4. The Labute approximate surface area is 182 Å². The highest BCUT2D eigenvalue weighted by molar-refractivity contribution is 8.01. The van der Waals surface area contributed by atoms with Crippen molar-refractivity contribution in [2.45, 2.75) is 66.6 Å². The fourth-order valence-corrected chi connectivity index (χ4v) is 7.47. The quantitative estimate of drug-likeness (QED) is 0.462. The van der Waals surface area contributed by atoms with Crippen LogP contribution in [0.15, 0.2) is 57.9 Å². The largest absolute Gasteiger partial charge is 0.374 e.